The van der Waals surface area contributed by atoms with Crippen LogP contribution in [-0.2, 0) is 4.79 Å². The molecule has 0 aliphatic heterocycles. The van der Waals surface area contributed by atoms with E-state index in [-0.39, 0.29) is 24.5 Å². The van der Waals surface area contributed by atoms with Crippen molar-refractivity contribution in [1.82, 2.24) is 0 Å². The molecule has 0 bridgehead atoms. The molecule has 1 amide bonds. The van der Waals surface area contributed by atoms with Gasteiger partial charge in [0.15, 0.2) is 5.78 Å². The summed E-state index contributed by atoms with van der Waals surface area (Å²) >= 11 is 3.43. The average Bonchev–Trinajstić information content (AvgIpc) is 2.49. The number of halogens is 1. The lowest BCUT2D eigenvalue weighted by Crippen LogP contribution is -2.13. The van der Waals surface area contributed by atoms with Crippen LogP contribution >= 0.6 is 15.9 Å². The van der Waals surface area contributed by atoms with E-state index in [1.54, 1.807) is 12.1 Å². The van der Waals surface area contributed by atoms with Gasteiger partial charge >= 0.3 is 0 Å². The number of aryl methyl sites for hydroxylation is 2. The molecule has 0 fully saturated rings. The number of Topliss-reactive ketones (excluding diaryl/α,β-unsaturated/α-hetero) is 1. The van der Waals surface area contributed by atoms with Crippen LogP contribution in [-0.4, -0.2) is 11.7 Å². The van der Waals surface area contributed by atoms with Gasteiger partial charge in [-0.05, 0) is 31.5 Å². The van der Waals surface area contributed by atoms with E-state index in [0.717, 1.165) is 21.3 Å². The first-order chi connectivity index (χ1) is 10.5. The molecular weight excluding hydrogens is 342 g/mol. The fraction of sp³-hybridized carbons (Fsp3) is 0.222. The number of benzene rings is 2. The van der Waals surface area contributed by atoms with Crippen LogP contribution in [0.1, 0.15) is 34.3 Å². The number of nitrogens with one attached hydrogen (secondary N) is 1. The van der Waals surface area contributed by atoms with Crippen LogP contribution in [0, 0.1) is 13.8 Å². The van der Waals surface area contributed by atoms with Crippen molar-refractivity contribution in [2.45, 2.75) is 26.7 Å². The maximum absolute atomic E-state index is 12.0. The summed E-state index contributed by atoms with van der Waals surface area (Å²) in [4.78, 5) is 23.9. The largest absolute Gasteiger partial charge is 0.326 e. The number of anilines is 1. The van der Waals surface area contributed by atoms with E-state index in [0.29, 0.717) is 5.56 Å². The van der Waals surface area contributed by atoms with Crippen molar-refractivity contribution in [1.29, 1.82) is 0 Å². The molecule has 0 aromatic heterocycles. The summed E-state index contributed by atoms with van der Waals surface area (Å²) in [5, 5.41) is 2.80. The minimum Gasteiger partial charge on any atom is -0.326 e. The van der Waals surface area contributed by atoms with Crippen molar-refractivity contribution in [3.63, 3.8) is 0 Å². The smallest absolute Gasteiger partial charge is 0.224 e. The molecule has 2 rings (SSSR count). The normalized spacial score (nSPS) is 10.3. The Morgan fingerprint density at radius 2 is 1.68 bits per heavy atom. The molecule has 2 aromatic carbocycles. The number of ketones is 1. The van der Waals surface area contributed by atoms with Crippen LogP contribution in [0.5, 0.6) is 0 Å². The van der Waals surface area contributed by atoms with Gasteiger partial charge in [-0.1, -0.05) is 51.8 Å². The molecule has 0 unspecified atom stereocenters. The molecule has 0 saturated heterocycles. The third-order valence-electron chi connectivity index (χ3n) is 3.41. The molecule has 0 heterocycles. The summed E-state index contributed by atoms with van der Waals surface area (Å²) in [6, 6.07) is 13.0. The molecule has 3 nitrogen and oxygen atoms in total. The Morgan fingerprint density at radius 3 is 2.32 bits per heavy atom. The Morgan fingerprint density at radius 1 is 1.00 bits per heavy atom. The first-order valence-electron chi connectivity index (χ1n) is 7.11. The summed E-state index contributed by atoms with van der Waals surface area (Å²) in [6.07, 6.45) is 0.389. The van der Waals surface area contributed by atoms with Crippen LogP contribution < -0.4 is 5.32 Å². The zero-order chi connectivity index (χ0) is 16.1. The summed E-state index contributed by atoms with van der Waals surface area (Å²) in [5.41, 5.74) is 3.59. The Kier molecular flexibility index (Phi) is 5.50. The standard InChI is InChI=1S/C18H18BrNO2/c1-12-3-6-14(7-4-12)17(21)9-10-18(22)20-15-8-5-13(2)16(19)11-15/h3-8,11H,9-10H2,1-2H3,(H,20,22). The Hall–Kier alpha value is -1.94. The Labute approximate surface area is 138 Å². The van der Waals surface area contributed by atoms with Crippen molar-refractivity contribution < 1.29 is 9.59 Å². The van der Waals surface area contributed by atoms with E-state index in [4.69, 9.17) is 0 Å². The molecule has 0 spiro atoms. The number of hydrogen-bond donors (Lipinski definition) is 1. The van der Waals surface area contributed by atoms with Gasteiger partial charge in [-0.2, -0.15) is 0 Å². The Bertz CT molecular complexity index is 693. The molecule has 4 heteroatoms. The number of hydrogen-bond acceptors (Lipinski definition) is 2. The van der Waals surface area contributed by atoms with Gasteiger partial charge in [-0.3, -0.25) is 9.59 Å². The van der Waals surface area contributed by atoms with Crippen molar-refractivity contribution in [2.75, 3.05) is 5.32 Å². The van der Waals surface area contributed by atoms with Crippen LogP contribution in [0.15, 0.2) is 46.9 Å². The van der Waals surface area contributed by atoms with E-state index in [1.807, 2.05) is 44.2 Å². The van der Waals surface area contributed by atoms with Crippen molar-refractivity contribution in [2.24, 2.45) is 0 Å². The van der Waals surface area contributed by atoms with Gasteiger partial charge in [0.05, 0.1) is 0 Å². The topological polar surface area (TPSA) is 46.2 Å². The van der Waals surface area contributed by atoms with E-state index < -0.39 is 0 Å². The predicted octanol–water partition coefficient (Wildman–Crippen LogP) is 4.67. The number of rotatable bonds is 5. The molecule has 0 aliphatic carbocycles. The van der Waals surface area contributed by atoms with Gasteiger partial charge < -0.3 is 5.32 Å². The van der Waals surface area contributed by atoms with E-state index in [9.17, 15) is 9.59 Å². The van der Waals surface area contributed by atoms with E-state index in [1.165, 1.54) is 0 Å². The predicted molar refractivity (Wildman–Crippen MR) is 92.3 cm³/mol. The monoisotopic (exact) mass is 359 g/mol. The molecule has 114 valence electrons. The fourth-order valence-electron chi connectivity index (χ4n) is 2.00. The van der Waals surface area contributed by atoms with E-state index >= 15 is 0 Å². The van der Waals surface area contributed by atoms with Crippen molar-refractivity contribution >= 4 is 33.3 Å². The molecule has 2 aromatic rings. The summed E-state index contributed by atoms with van der Waals surface area (Å²) in [7, 11) is 0. The first-order valence-corrected chi connectivity index (χ1v) is 7.91. The van der Waals surface area contributed by atoms with Gasteiger partial charge in [0.1, 0.15) is 0 Å². The lowest BCUT2D eigenvalue weighted by Gasteiger charge is -2.07. The molecule has 0 radical (unpaired) electrons. The number of amides is 1. The molecule has 0 aliphatic rings. The highest BCUT2D eigenvalue weighted by Gasteiger charge is 2.10. The SMILES string of the molecule is Cc1ccc(C(=O)CCC(=O)Nc2ccc(C)c(Br)c2)cc1. The van der Waals surface area contributed by atoms with Gasteiger partial charge in [-0.25, -0.2) is 0 Å². The van der Waals surface area contributed by atoms with Crippen LogP contribution in [0.2, 0.25) is 0 Å². The quantitative estimate of drug-likeness (QED) is 0.788. The zero-order valence-corrected chi connectivity index (χ0v) is 14.2. The van der Waals surface area contributed by atoms with Gasteiger partial charge in [-0.15, -0.1) is 0 Å². The van der Waals surface area contributed by atoms with Gasteiger partial charge in [0.2, 0.25) is 5.91 Å². The van der Waals surface area contributed by atoms with E-state index in [2.05, 4.69) is 21.2 Å². The fourth-order valence-corrected chi connectivity index (χ4v) is 2.38. The highest BCUT2D eigenvalue weighted by atomic mass is 79.9. The van der Waals surface area contributed by atoms with Crippen molar-refractivity contribution in [3.8, 4) is 0 Å². The van der Waals surface area contributed by atoms with Crippen LogP contribution in [0.4, 0.5) is 5.69 Å². The maximum Gasteiger partial charge on any atom is 0.224 e. The van der Waals surface area contributed by atoms with Gasteiger partial charge in [0.25, 0.3) is 0 Å². The lowest BCUT2D eigenvalue weighted by molar-refractivity contribution is -0.116. The van der Waals surface area contributed by atoms with Crippen LogP contribution in [0.3, 0.4) is 0 Å². The summed E-state index contributed by atoms with van der Waals surface area (Å²) in [6.45, 7) is 3.96. The summed E-state index contributed by atoms with van der Waals surface area (Å²) < 4.78 is 0.945. The highest BCUT2D eigenvalue weighted by molar-refractivity contribution is 9.10. The van der Waals surface area contributed by atoms with Crippen molar-refractivity contribution in [3.05, 3.63) is 63.6 Å². The third-order valence-corrected chi connectivity index (χ3v) is 4.26. The molecule has 22 heavy (non-hydrogen) atoms. The highest BCUT2D eigenvalue weighted by Crippen LogP contribution is 2.20. The Balaban J connectivity index is 1.88. The zero-order valence-electron chi connectivity index (χ0n) is 12.7. The minimum absolute atomic E-state index is 0.0137. The second-order valence-electron chi connectivity index (χ2n) is 5.30. The first kappa shape index (κ1) is 16.4. The van der Waals surface area contributed by atoms with Gasteiger partial charge in [0, 0.05) is 28.6 Å². The molecular formula is C18H18BrNO2. The van der Waals surface area contributed by atoms with Crippen LogP contribution in [0.25, 0.3) is 0 Å². The second-order valence-corrected chi connectivity index (χ2v) is 6.16. The minimum atomic E-state index is -0.156. The maximum atomic E-state index is 12.0. The summed E-state index contributed by atoms with van der Waals surface area (Å²) in [5.74, 6) is -0.170. The molecule has 0 atom stereocenters. The second kappa shape index (κ2) is 7.36. The third kappa shape index (κ3) is 4.53. The number of carbonyl (C=O) groups is 2. The lowest BCUT2D eigenvalue weighted by atomic mass is 10.0. The number of carbonyl (C=O) groups excluding carboxylic acids is 2. The molecule has 0 saturated carbocycles. The molecule has 1 N–H and O–H groups in total. The average molecular weight is 360 g/mol.